The summed E-state index contributed by atoms with van der Waals surface area (Å²) in [5.74, 6) is 0.574. The van der Waals surface area contributed by atoms with Crippen LogP contribution in [0, 0.1) is 12.7 Å². The molecule has 132 valence electrons. The standard InChI is InChI=1S/C17H24FN5.HI/c1-14-12-22-23(13-14)11-5-9-20-17(19-2)21-10-8-15-6-3-4-7-16(15)18;/h3-4,6-7,12-13H,5,8-11H2,1-2H3,(H2,19,20,21);1H. The fourth-order valence-electron chi connectivity index (χ4n) is 2.27. The van der Waals surface area contributed by atoms with E-state index in [0.29, 0.717) is 18.5 Å². The summed E-state index contributed by atoms with van der Waals surface area (Å²) >= 11 is 0. The van der Waals surface area contributed by atoms with Crippen LogP contribution in [0.2, 0.25) is 0 Å². The van der Waals surface area contributed by atoms with E-state index < -0.39 is 0 Å². The second kappa shape index (κ2) is 11.0. The summed E-state index contributed by atoms with van der Waals surface area (Å²) in [6.07, 6.45) is 5.47. The van der Waals surface area contributed by atoms with E-state index in [-0.39, 0.29) is 29.8 Å². The topological polar surface area (TPSA) is 54.2 Å². The number of nitrogens with zero attached hydrogens (tertiary/aromatic N) is 3. The normalized spacial score (nSPS) is 11.0. The van der Waals surface area contributed by atoms with Crippen molar-refractivity contribution in [3.05, 3.63) is 53.6 Å². The minimum Gasteiger partial charge on any atom is -0.356 e. The van der Waals surface area contributed by atoms with Gasteiger partial charge in [0.1, 0.15) is 5.82 Å². The SMILES string of the molecule is CN=C(NCCCn1cc(C)cn1)NCCc1ccccc1F.I. The first-order valence-electron chi connectivity index (χ1n) is 7.86. The van der Waals surface area contributed by atoms with E-state index in [0.717, 1.165) is 25.5 Å². The molecule has 2 rings (SSSR count). The minimum absolute atomic E-state index is 0. The molecule has 0 saturated carbocycles. The van der Waals surface area contributed by atoms with E-state index in [1.165, 1.54) is 11.6 Å². The Morgan fingerprint density at radius 3 is 2.67 bits per heavy atom. The number of aliphatic imine (C=N–C) groups is 1. The Morgan fingerprint density at radius 2 is 2.00 bits per heavy atom. The molecule has 0 aliphatic carbocycles. The molecule has 1 heterocycles. The molecule has 5 nitrogen and oxygen atoms in total. The van der Waals surface area contributed by atoms with Gasteiger partial charge in [-0.15, -0.1) is 24.0 Å². The molecule has 1 aromatic heterocycles. The Morgan fingerprint density at radius 1 is 1.25 bits per heavy atom. The molecule has 0 spiro atoms. The Bertz CT molecular complexity index is 641. The molecular weight excluding hydrogens is 420 g/mol. The number of aryl methyl sites for hydroxylation is 2. The average molecular weight is 445 g/mol. The van der Waals surface area contributed by atoms with Gasteiger partial charge in [-0.1, -0.05) is 18.2 Å². The summed E-state index contributed by atoms with van der Waals surface area (Å²) in [6, 6.07) is 6.84. The van der Waals surface area contributed by atoms with Crippen molar-refractivity contribution < 1.29 is 4.39 Å². The first-order chi connectivity index (χ1) is 11.2. The molecule has 0 atom stereocenters. The van der Waals surface area contributed by atoms with Gasteiger partial charge in [-0.25, -0.2) is 4.39 Å². The molecule has 0 aliphatic rings. The highest BCUT2D eigenvalue weighted by atomic mass is 127. The van der Waals surface area contributed by atoms with Crippen LogP contribution < -0.4 is 10.6 Å². The van der Waals surface area contributed by atoms with Crippen molar-refractivity contribution in [1.82, 2.24) is 20.4 Å². The number of hydrogen-bond acceptors (Lipinski definition) is 2. The summed E-state index contributed by atoms with van der Waals surface area (Å²) in [4.78, 5) is 4.17. The van der Waals surface area contributed by atoms with Gasteiger partial charge in [-0.2, -0.15) is 5.10 Å². The Hall–Kier alpha value is -1.64. The first kappa shape index (κ1) is 20.4. The maximum absolute atomic E-state index is 13.5. The van der Waals surface area contributed by atoms with Gasteiger partial charge in [-0.3, -0.25) is 9.67 Å². The summed E-state index contributed by atoms with van der Waals surface area (Å²) in [7, 11) is 1.73. The molecule has 0 amide bonds. The summed E-state index contributed by atoms with van der Waals surface area (Å²) in [6.45, 7) is 4.34. The predicted octanol–water partition coefficient (Wildman–Crippen LogP) is 2.75. The Balaban J connectivity index is 0.00000288. The third kappa shape index (κ3) is 6.86. The zero-order valence-corrected chi connectivity index (χ0v) is 16.5. The quantitative estimate of drug-likeness (QED) is 0.298. The van der Waals surface area contributed by atoms with E-state index in [1.807, 2.05) is 30.1 Å². The van der Waals surface area contributed by atoms with Crippen molar-refractivity contribution in [3.8, 4) is 0 Å². The zero-order chi connectivity index (χ0) is 16.5. The number of nitrogens with one attached hydrogen (secondary N) is 2. The third-order valence-corrected chi connectivity index (χ3v) is 3.49. The lowest BCUT2D eigenvalue weighted by molar-refractivity contribution is 0.569. The van der Waals surface area contributed by atoms with E-state index >= 15 is 0 Å². The lowest BCUT2D eigenvalue weighted by atomic mass is 10.1. The minimum atomic E-state index is -0.160. The van der Waals surface area contributed by atoms with Crippen molar-refractivity contribution in [3.63, 3.8) is 0 Å². The highest BCUT2D eigenvalue weighted by Gasteiger charge is 2.02. The van der Waals surface area contributed by atoms with Gasteiger partial charge in [-0.05, 0) is 37.0 Å². The Labute approximate surface area is 159 Å². The lowest BCUT2D eigenvalue weighted by Crippen LogP contribution is -2.39. The van der Waals surface area contributed by atoms with Gasteiger partial charge in [0.15, 0.2) is 5.96 Å². The van der Waals surface area contributed by atoms with Crippen molar-refractivity contribution in [2.24, 2.45) is 4.99 Å². The number of aromatic nitrogens is 2. The van der Waals surface area contributed by atoms with Crippen LogP contribution in [0.1, 0.15) is 17.5 Å². The molecule has 0 radical (unpaired) electrons. The van der Waals surface area contributed by atoms with Crippen LogP contribution in [0.15, 0.2) is 41.7 Å². The van der Waals surface area contributed by atoms with Crippen LogP contribution in [0.4, 0.5) is 4.39 Å². The highest BCUT2D eigenvalue weighted by Crippen LogP contribution is 2.06. The van der Waals surface area contributed by atoms with Crippen molar-refractivity contribution in [1.29, 1.82) is 0 Å². The van der Waals surface area contributed by atoms with Crippen LogP contribution in [0.3, 0.4) is 0 Å². The smallest absolute Gasteiger partial charge is 0.190 e. The predicted molar refractivity (Wildman–Crippen MR) is 106 cm³/mol. The van der Waals surface area contributed by atoms with Crippen LogP contribution in [0.5, 0.6) is 0 Å². The molecular formula is C17H25FIN5. The lowest BCUT2D eigenvalue weighted by Gasteiger charge is -2.12. The molecule has 1 aromatic carbocycles. The van der Waals surface area contributed by atoms with Crippen LogP contribution in [-0.2, 0) is 13.0 Å². The van der Waals surface area contributed by atoms with Gasteiger partial charge < -0.3 is 10.6 Å². The van der Waals surface area contributed by atoms with Crippen molar-refractivity contribution >= 4 is 29.9 Å². The number of hydrogen-bond donors (Lipinski definition) is 2. The van der Waals surface area contributed by atoms with Gasteiger partial charge in [0.2, 0.25) is 0 Å². The average Bonchev–Trinajstić information content (AvgIpc) is 2.97. The van der Waals surface area contributed by atoms with Crippen LogP contribution >= 0.6 is 24.0 Å². The largest absolute Gasteiger partial charge is 0.356 e. The number of rotatable bonds is 7. The van der Waals surface area contributed by atoms with Gasteiger partial charge in [0.25, 0.3) is 0 Å². The molecule has 0 unspecified atom stereocenters. The molecule has 2 N–H and O–H groups in total. The van der Waals surface area contributed by atoms with Gasteiger partial charge in [0, 0.05) is 32.9 Å². The molecule has 0 bridgehead atoms. The van der Waals surface area contributed by atoms with Crippen LogP contribution in [0.25, 0.3) is 0 Å². The third-order valence-electron chi connectivity index (χ3n) is 3.49. The molecule has 0 saturated heterocycles. The van der Waals surface area contributed by atoms with Crippen molar-refractivity contribution in [2.45, 2.75) is 26.3 Å². The fraction of sp³-hybridized carbons (Fsp3) is 0.412. The summed E-state index contributed by atoms with van der Waals surface area (Å²) in [5, 5.41) is 10.7. The number of guanidine groups is 1. The number of halogens is 2. The molecule has 24 heavy (non-hydrogen) atoms. The van der Waals surface area contributed by atoms with Crippen LogP contribution in [-0.4, -0.2) is 35.9 Å². The van der Waals surface area contributed by atoms with Gasteiger partial charge >= 0.3 is 0 Å². The second-order valence-electron chi connectivity index (χ2n) is 5.40. The second-order valence-corrected chi connectivity index (χ2v) is 5.40. The molecule has 7 heteroatoms. The van der Waals surface area contributed by atoms with E-state index in [1.54, 1.807) is 19.2 Å². The summed E-state index contributed by atoms with van der Waals surface area (Å²) < 4.78 is 15.5. The summed E-state index contributed by atoms with van der Waals surface area (Å²) in [5.41, 5.74) is 1.88. The molecule has 2 aromatic rings. The zero-order valence-electron chi connectivity index (χ0n) is 14.1. The van der Waals surface area contributed by atoms with E-state index in [2.05, 4.69) is 20.7 Å². The van der Waals surface area contributed by atoms with Gasteiger partial charge in [0.05, 0.1) is 6.20 Å². The first-order valence-corrected chi connectivity index (χ1v) is 7.86. The highest BCUT2D eigenvalue weighted by molar-refractivity contribution is 14.0. The molecule has 0 fully saturated rings. The monoisotopic (exact) mass is 445 g/mol. The molecule has 0 aliphatic heterocycles. The Kier molecular flexibility index (Phi) is 9.36. The van der Waals surface area contributed by atoms with E-state index in [4.69, 9.17) is 0 Å². The fourth-order valence-corrected chi connectivity index (χ4v) is 2.27. The maximum atomic E-state index is 13.5. The number of benzene rings is 1. The van der Waals surface area contributed by atoms with Crippen molar-refractivity contribution in [2.75, 3.05) is 20.1 Å². The maximum Gasteiger partial charge on any atom is 0.190 e. The van der Waals surface area contributed by atoms with E-state index in [9.17, 15) is 4.39 Å².